The number of aromatic nitrogens is 2. The van der Waals surface area contributed by atoms with Crippen molar-refractivity contribution in [2.24, 2.45) is 5.92 Å². The van der Waals surface area contributed by atoms with Crippen LogP contribution < -0.4 is 0 Å². The number of carbonyl (C=O) groups excluding carboxylic acids is 1. The molecule has 0 unspecified atom stereocenters. The van der Waals surface area contributed by atoms with E-state index in [2.05, 4.69) is 16.9 Å². The lowest BCUT2D eigenvalue weighted by Gasteiger charge is -2.43. The Morgan fingerprint density at radius 3 is 2.59 bits per heavy atom. The summed E-state index contributed by atoms with van der Waals surface area (Å²) >= 11 is 11.6. The van der Waals surface area contributed by atoms with E-state index < -0.39 is 5.41 Å². The molecule has 0 radical (unpaired) electrons. The Labute approximate surface area is 109 Å². The fourth-order valence-corrected chi connectivity index (χ4v) is 2.85. The van der Waals surface area contributed by atoms with E-state index in [0.29, 0.717) is 24.5 Å². The highest BCUT2D eigenvalue weighted by Gasteiger charge is 2.52. The van der Waals surface area contributed by atoms with Crippen LogP contribution in [0.3, 0.4) is 0 Å². The molecule has 1 heterocycles. The van der Waals surface area contributed by atoms with Crippen LogP contribution in [0.5, 0.6) is 0 Å². The van der Waals surface area contributed by atoms with Crippen LogP contribution in [0.1, 0.15) is 25.5 Å². The lowest BCUT2D eigenvalue weighted by atomic mass is 9.61. The second-order valence-corrected chi connectivity index (χ2v) is 5.16. The molecule has 6 heteroatoms. The Kier molecular flexibility index (Phi) is 3.27. The third-order valence-electron chi connectivity index (χ3n) is 3.13. The van der Waals surface area contributed by atoms with Gasteiger partial charge in [-0.25, -0.2) is 9.97 Å². The zero-order valence-electron chi connectivity index (χ0n) is 9.54. The van der Waals surface area contributed by atoms with Gasteiger partial charge in [0.05, 0.1) is 12.8 Å². The normalized spacial score (nSPS) is 27.4. The van der Waals surface area contributed by atoms with Crippen molar-refractivity contribution in [2.75, 3.05) is 7.11 Å². The molecule has 0 saturated heterocycles. The van der Waals surface area contributed by atoms with E-state index >= 15 is 0 Å². The molecule has 17 heavy (non-hydrogen) atoms. The van der Waals surface area contributed by atoms with Gasteiger partial charge in [0.25, 0.3) is 0 Å². The topological polar surface area (TPSA) is 52.1 Å². The highest BCUT2D eigenvalue weighted by molar-refractivity contribution is 6.31. The molecular formula is C11H12Cl2N2O2. The number of hydrogen-bond acceptors (Lipinski definition) is 4. The van der Waals surface area contributed by atoms with Crippen molar-refractivity contribution in [3.8, 4) is 0 Å². The molecule has 2 rings (SSSR count). The molecule has 1 fully saturated rings. The van der Waals surface area contributed by atoms with Gasteiger partial charge in [-0.2, -0.15) is 0 Å². The minimum atomic E-state index is -0.704. The van der Waals surface area contributed by atoms with E-state index in [-0.39, 0.29) is 16.4 Å². The standard InChI is InChI=1S/C11H12Cl2N2O2/c1-6-4-11(5-6,9(16)17-2)7-3-8(12)15-10(13)14-7/h3,6H,4-5H2,1-2H3. The maximum absolute atomic E-state index is 11.9. The molecule has 1 aromatic rings. The van der Waals surface area contributed by atoms with E-state index in [1.165, 1.54) is 7.11 Å². The molecule has 1 aliphatic carbocycles. The Balaban J connectivity index is 2.43. The van der Waals surface area contributed by atoms with Crippen molar-refractivity contribution in [3.05, 3.63) is 22.2 Å². The Morgan fingerprint density at radius 2 is 2.12 bits per heavy atom. The highest BCUT2D eigenvalue weighted by Crippen LogP contribution is 2.48. The van der Waals surface area contributed by atoms with Gasteiger partial charge in [0.2, 0.25) is 5.28 Å². The molecule has 0 N–H and O–H groups in total. The van der Waals surface area contributed by atoms with E-state index in [9.17, 15) is 4.79 Å². The van der Waals surface area contributed by atoms with Gasteiger partial charge in [-0.3, -0.25) is 4.79 Å². The van der Waals surface area contributed by atoms with Gasteiger partial charge >= 0.3 is 5.97 Å². The van der Waals surface area contributed by atoms with Gasteiger partial charge in [0, 0.05) is 0 Å². The minimum absolute atomic E-state index is 0.0512. The zero-order valence-corrected chi connectivity index (χ0v) is 11.0. The van der Waals surface area contributed by atoms with Gasteiger partial charge in [0.15, 0.2) is 0 Å². The number of hydrogen-bond donors (Lipinski definition) is 0. The molecule has 1 saturated carbocycles. The molecule has 92 valence electrons. The maximum Gasteiger partial charge on any atom is 0.317 e. The van der Waals surface area contributed by atoms with Gasteiger partial charge in [0.1, 0.15) is 10.6 Å². The first-order valence-electron chi connectivity index (χ1n) is 5.27. The molecule has 4 nitrogen and oxygen atoms in total. The summed E-state index contributed by atoms with van der Waals surface area (Å²) in [5.74, 6) is 0.169. The minimum Gasteiger partial charge on any atom is -0.468 e. The summed E-state index contributed by atoms with van der Waals surface area (Å²) in [6.07, 6.45) is 1.40. The third kappa shape index (κ3) is 2.11. The molecule has 0 bridgehead atoms. The summed E-state index contributed by atoms with van der Waals surface area (Å²) in [4.78, 5) is 19.8. The molecule has 0 spiro atoms. The molecule has 0 amide bonds. The van der Waals surface area contributed by atoms with Gasteiger partial charge in [-0.1, -0.05) is 18.5 Å². The summed E-state index contributed by atoms with van der Waals surface area (Å²) in [7, 11) is 1.37. The Hall–Kier alpha value is -0.870. The van der Waals surface area contributed by atoms with Crippen molar-refractivity contribution < 1.29 is 9.53 Å². The number of ether oxygens (including phenoxy) is 1. The monoisotopic (exact) mass is 274 g/mol. The van der Waals surface area contributed by atoms with Crippen molar-refractivity contribution in [3.63, 3.8) is 0 Å². The summed E-state index contributed by atoms with van der Waals surface area (Å²) < 4.78 is 4.85. The van der Waals surface area contributed by atoms with Crippen LogP contribution in [0.2, 0.25) is 10.4 Å². The summed E-state index contributed by atoms with van der Waals surface area (Å²) in [5.41, 5.74) is -0.155. The largest absolute Gasteiger partial charge is 0.468 e. The number of carbonyl (C=O) groups is 1. The lowest BCUT2D eigenvalue weighted by molar-refractivity contribution is -0.153. The van der Waals surface area contributed by atoms with Gasteiger partial charge in [-0.15, -0.1) is 0 Å². The first-order chi connectivity index (χ1) is 7.98. The van der Waals surface area contributed by atoms with Crippen LogP contribution in [0, 0.1) is 5.92 Å². The van der Waals surface area contributed by atoms with E-state index in [0.717, 1.165) is 0 Å². The zero-order chi connectivity index (χ0) is 12.6. The molecule has 0 aromatic carbocycles. The average Bonchev–Trinajstić information content (AvgIpc) is 2.22. The number of rotatable bonds is 2. The molecule has 0 atom stereocenters. The smallest absolute Gasteiger partial charge is 0.317 e. The Bertz CT molecular complexity index is 439. The first-order valence-corrected chi connectivity index (χ1v) is 6.02. The van der Waals surface area contributed by atoms with Crippen molar-refractivity contribution in [1.29, 1.82) is 0 Å². The fourth-order valence-electron chi connectivity index (χ4n) is 2.44. The highest BCUT2D eigenvalue weighted by atomic mass is 35.5. The predicted molar refractivity (Wildman–Crippen MR) is 64.1 cm³/mol. The molecule has 1 aliphatic rings. The summed E-state index contributed by atoms with van der Waals surface area (Å²) in [6.45, 7) is 2.07. The van der Waals surface area contributed by atoms with E-state index in [1.807, 2.05) is 0 Å². The number of nitrogens with zero attached hydrogens (tertiary/aromatic N) is 2. The van der Waals surface area contributed by atoms with Crippen LogP contribution in [-0.4, -0.2) is 23.0 Å². The second-order valence-electron chi connectivity index (χ2n) is 4.43. The first kappa shape index (κ1) is 12.6. The maximum atomic E-state index is 11.9. The lowest BCUT2D eigenvalue weighted by Crippen LogP contribution is -2.48. The van der Waals surface area contributed by atoms with Crippen LogP contribution >= 0.6 is 23.2 Å². The fraction of sp³-hybridized carbons (Fsp3) is 0.545. The third-order valence-corrected chi connectivity index (χ3v) is 3.49. The number of methoxy groups -OCH3 is 1. The quantitative estimate of drug-likeness (QED) is 0.473. The number of esters is 1. The van der Waals surface area contributed by atoms with E-state index in [1.54, 1.807) is 6.07 Å². The van der Waals surface area contributed by atoms with Crippen LogP contribution in [0.4, 0.5) is 0 Å². The van der Waals surface area contributed by atoms with Crippen molar-refractivity contribution in [2.45, 2.75) is 25.2 Å². The average molecular weight is 275 g/mol. The predicted octanol–water partition coefficient (Wildman–Crippen LogP) is 2.62. The van der Waals surface area contributed by atoms with Crippen LogP contribution in [-0.2, 0) is 14.9 Å². The Morgan fingerprint density at radius 1 is 1.47 bits per heavy atom. The van der Waals surface area contributed by atoms with E-state index in [4.69, 9.17) is 27.9 Å². The van der Waals surface area contributed by atoms with Crippen LogP contribution in [0.25, 0.3) is 0 Å². The molecular weight excluding hydrogens is 263 g/mol. The second kappa shape index (κ2) is 4.42. The number of halogens is 2. The molecule has 0 aliphatic heterocycles. The molecule has 1 aromatic heterocycles. The van der Waals surface area contributed by atoms with Crippen molar-refractivity contribution >= 4 is 29.2 Å². The summed E-state index contributed by atoms with van der Waals surface area (Å²) in [6, 6.07) is 1.58. The van der Waals surface area contributed by atoms with Gasteiger partial charge < -0.3 is 4.74 Å². The van der Waals surface area contributed by atoms with Gasteiger partial charge in [-0.05, 0) is 36.4 Å². The van der Waals surface area contributed by atoms with Crippen molar-refractivity contribution in [1.82, 2.24) is 9.97 Å². The SMILES string of the molecule is COC(=O)C1(c2cc(Cl)nc(Cl)n2)CC(C)C1. The summed E-state index contributed by atoms with van der Waals surface area (Å²) in [5, 5.41) is 0.290. The van der Waals surface area contributed by atoms with Crippen LogP contribution in [0.15, 0.2) is 6.07 Å².